The highest BCUT2D eigenvalue weighted by Gasteiger charge is 2.24. The lowest BCUT2D eigenvalue weighted by Gasteiger charge is -2.31. The molecule has 0 N–H and O–H groups in total. The number of nitriles is 2. The van der Waals surface area contributed by atoms with Crippen LogP contribution in [0, 0.1) is 22.7 Å². The molecule has 0 bridgehead atoms. The highest BCUT2D eigenvalue weighted by atomic mass is 35.5. The maximum absolute atomic E-state index is 9.28. The number of nitrogens with zero attached hydrogens (tertiary/aromatic N) is 8. The number of anilines is 2. The standard InChI is InChI=1S/C15H13ClN4O.C14H10Cl2N4/c1-21-15-12-8-20(5-4-13(12)18-9-19-15)14-3-2-11(16)6-10(14)7-17;15-10-1-2-13(9(5-10)6-17)20-4-3-12-11(7-20)14(16)19-8-18-12/h2-3,6,9H,4-5,8H2,1H3;1-2,5,8H,3-4,7H2. The van der Waals surface area contributed by atoms with Crippen LogP contribution in [-0.4, -0.2) is 40.1 Å². The van der Waals surface area contributed by atoms with Crippen molar-refractivity contribution in [2.45, 2.75) is 25.9 Å². The molecule has 2 aromatic heterocycles. The Labute approximate surface area is 252 Å². The summed E-state index contributed by atoms with van der Waals surface area (Å²) in [4.78, 5) is 21.0. The number of fused-ring (bicyclic) bond motifs is 2. The topological polar surface area (TPSA) is 115 Å². The van der Waals surface area contributed by atoms with E-state index in [0.717, 1.165) is 59.8 Å². The zero-order chi connectivity index (χ0) is 28.9. The quantitative estimate of drug-likeness (QED) is 0.268. The summed E-state index contributed by atoms with van der Waals surface area (Å²) >= 11 is 18.0. The van der Waals surface area contributed by atoms with E-state index in [0.29, 0.717) is 45.3 Å². The second-order valence-corrected chi connectivity index (χ2v) is 10.5. The van der Waals surface area contributed by atoms with Crippen molar-refractivity contribution < 1.29 is 4.74 Å². The Morgan fingerprint density at radius 3 is 1.78 bits per heavy atom. The van der Waals surface area contributed by atoms with Gasteiger partial charge in [0.05, 0.1) is 53.1 Å². The number of methoxy groups -OCH3 is 1. The SMILES string of the molecule is COc1ncnc2c1CN(c1ccc(Cl)cc1C#N)CC2.N#Cc1cc(Cl)ccc1N1CCc2ncnc(Cl)c2C1. The Kier molecular flexibility index (Phi) is 8.70. The van der Waals surface area contributed by atoms with Crippen LogP contribution in [0.1, 0.15) is 33.6 Å². The lowest BCUT2D eigenvalue weighted by molar-refractivity contribution is 0.387. The molecule has 2 aliphatic rings. The third-order valence-electron chi connectivity index (χ3n) is 6.94. The molecular weight excluding hydrogens is 583 g/mol. The fourth-order valence-corrected chi connectivity index (χ4v) is 5.51. The van der Waals surface area contributed by atoms with Crippen LogP contribution in [0.15, 0.2) is 49.1 Å². The summed E-state index contributed by atoms with van der Waals surface area (Å²) in [5.41, 5.74) is 6.76. The van der Waals surface area contributed by atoms with Gasteiger partial charge in [-0.1, -0.05) is 34.8 Å². The Hall–Kier alpha value is -4.15. The number of hydrogen-bond acceptors (Lipinski definition) is 9. The lowest BCUT2D eigenvalue weighted by Crippen LogP contribution is -2.32. The molecule has 0 saturated heterocycles. The molecule has 4 heterocycles. The fraction of sp³-hybridized carbons (Fsp3) is 0.241. The first kappa shape index (κ1) is 28.4. The Balaban J connectivity index is 0.000000165. The lowest BCUT2D eigenvalue weighted by atomic mass is 10.0. The van der Waals surface area contributed by atoms with E-state index in [2.05, 4.69) is 41.9 Å². The monoisotopic (exact) mass is 604 g/mol. The third kappa shape index (κ3) is 6.13. The smallest absolute Gasteiger partial charge is 0.221 e. The Bertz CT molecular complexity index is 1670. The van der Waals surface area contributed by atoms with Gasteiger partial charge in [-0.3, -0.25) is 0 Å². The molecule has 0 amide bonds. The van der Waals surface area contributed by atoms with Gasteiger partial charge in [0.25, 0.3) is 0 Å². The number of rotatable bonds is 3. The van der Waals surface area contributed by atoms with Gasteiger partial charge >= 0.3 is 0 Å². The maximum atomic E-state index is 9.28. The Morgan fingerprint density at radius 1 is 0.732 bits per heavy atom. The van der Waals surface area contributed by atoms with Crippen molar-refractivity contribution in [1.82, 2.24) is 19.9 Å². The van der Waals surface area contributed by atoms with Crippen LogP contribution in [-0.2, 0) is 25.9 Å². The minimum absolute atomic E-state index is 0.479. The van der Waals surface area contributed by atoms with Crippen LogP contribution in [0.4, 0.5) is 11.4 Å². The van der Waals surface area contributed by atoms with Gasteiger partial charge in [0, 0.05) is 48.1 Å². The highest BCUT2D eigenvalue weighted by molar-refractivity contribution is 6.31. The third-order valence-corrected chi connectivity index (χ3v) is 7.74. The molecule has 2 aliphatic heterocycles. The normalized spacial score (nSPS) is 13.6. The molecule has 0 radical (unpaired) electrons. The van der Waals surface area contributed by atoms with Crippen molar-refractivity contribution in [3.05, 3.63) is 97.9 Å². The second-order valence-electron chi connectivity index (χ2n) is 9.29. The van der Waals surface area contributed by atoms with Gasteiger partial charge in [0.2, 0.25) is 5.88 Å². The summed E-state index contributed by atoms with van der Waals surface area (Å²) < 4.78 is 5.31. The van der Waals surface area contributed by atoms with Crippen LogP contribution in [0.3, 0.4) is 0 Å². The first-order valence-corrected chi connectivity index (χ1v) is 13.8. The van der Waals surface area contributed by atoms with Gasteiger partial charge in [-0.15, -0.1) is 0 Å². The summed E-state index contributed by atoms with van der Waals surface area (Å²) in [6.45, 7) is 2.81. The van der Waals surface area contributed by atoms with Crippen molar-refractivity contribution in [3.63, 3.8) is 0 Å². The minimum atomic E-state index is 0.479. The van der Waals surface area contributed by atoms with Crippen LogP contribution >= 0.6 is 34.8 Å². The highest BCUT2D eigenvalue weighted by Crippen LogP contribution is 2.32. The number of ether oxygens (including phenoxy) is 1. The molecule has 0 unspecified atom stereocenters. The predicted octanol–water partition coefficient (Wildman–Crippen LogP) is 5.79. The van der Waals surface area contributed by atoms with Crippen LogP contribution in [0.25, 0.3) is 0 Å². The molecule has 0 fully saturated rings. The molecule has 9 nitrogen and oxygen atoms in total. The van der Waals surface area contributed by atoms with Gasteiger partial charge in [0.1, 0.15) is 29.9 Å². The second kappa shape index (κ2) is 12.6. The van der Waals surface area contributed by atoms with Gasteiger partial charge in [-0.05, 0) is 36.4 Å². The predicted molar refractivity (Wildman–Crippen MR) is 157 cm³/mol. The first-order valence-electron chi connectivity index (χ1n) is 12.7. The fourth-order valence-electron chi connectivity index (χ4n) is 4.96. The maximum Gasteiger partial charge on any atom is 0.221 e. The van der Waals surface area contributed by atoms with Crippen molar-refractivity contribution in [2.24, 2.45) is 0 Å². The molecule has 0 aliphatic carbocycles. The average molecular weight is 606 g/mol. The van der Waals surface area contributed by atoms with E-state index in [9.17, 15) is 10.5 Å². The number of hydrogen-bond donors (Lipinski definition) is 0. The van der Waals surface area contributed by atoms with Crippen molar-refractivity contribution in [2.75, 3.05) is 30.0 Å². The van der Waals surface area contributed by atoms with E-state index < -0.39 is 0 Å². The van der Waals surface area contributed by atoms with Crippen LogP contribution in [0.2, 0.25) is 15.2 Å². The van der Waals surface area contributed by atoms with E-state index in [4.69, 9.17) is 39.5 Å². The van der Waals surface area contributed by atoms with E-state index in [1.54, 1.807) is 31.4 Å². The molecule has 6 rings (SSSR count). The summed E-state index contributed by atoms with van der Waals surface area (Å²) in [7, 11) is 1.60. The number of benzene rings is 2. The molecule has 206 valence electrons. The first-order chi connectivity index (χ1) is 19.9. The van der Waals surface area contributed by atoms with Crippen molar-refractivity contribution in [1.29, 1.82) is 10.5 Å². The van der Waals surface area contributed by atoms with Crippen LogP contribution in [0.5, 0.6) is 5.88 Å². The molecule has 0 spiro atoms. The zero-order valence-corrected chi connectivity index (χ0v) is 24.2. The molecule has 41 heavy (non-hydrogen) atoms. The molecule has 2 aromatic carbocycles. The zero-order valence-electron chi connectivity index (χ0n) is 22.0. The summed E-state index contributed by atoms with van der Waals surface area (Å²) in [6, 6.07) is 15.1. The van der Waals surface area contributed by atoms with Crippen molar-refractivity contribution >= 4 is 46.2 Å². The van der Waals surface area contributed by atoms with E-state index >= 15 is 0 Å². The van der Waals surface area contributed by atoms with Crippen molar-refractivity contribution in [3.8, 4) is 18.0 Å². The van der Waals surface area contributed by atoms with Gasteiger partial charge < -0.3 is 14.5 Å². The van der Waals surface area contributed by atoms with Gasteiger partial charge in [-0.25, -0.2) is 19.9 Å². The van der Waals surface area contributed by atoms with E-state index in [1.807, 2.05) is 12.1 Å². The van der Waals surface area contributed by atoms with Gasteiger partial charge in [-0.2, -0.15) is 10.5 Å². The summed E-state index contributed by atoms with van der Waals surface area (Å²) in [6.07, 6.45) is 4.59. The number of halogens is 3. The molecule has 12 heteroatoms. The molecular formula is C29H23Cl3N8O. The molecule has 4 aromatic rings. The largest absolute Gasteiger partial charge is 0.481 e. The van der Waals surface area contributed by atoms with Gasteiger partial charge in [0.15, 0.2) is 0 Å². The number of aromatic nitrogens is 4. The minimum Gasteiger partial charge on any atom is -0.481 e. The summed E-state index contributed by atoms with van der Waals surface area (Å²) in [5, 5.41) is 20.1. The Morgan fingerprint density at radius 2 is 1.24 bits per heavy atom. The van der Waals surface area contributed by atoms with E-state index in [-0.39, 0.29) is 0 Å². The van der Waals surface area contributed by atoms with E-state index in [1.165, 1.54) is 12.7 Å². The molecule has 0 saturated carbocycles. The average Bonchev–Trinajstić information content (AvgIpc) is 3.00. The van der Waals surface area contributed by atoms with Crippen LogP contribution < -0.4 is 14.5 Å². The summed E-state index contributed by atoms with van der Waals surface area (Å²) in [5.74, 6) is 0.595. The molecule has 0 atom stereocenters.